The predicted molar refractivity (Wildman–Crippen MR) is 162 cm³/mol. The molecule has 1 aromatic carbocycles. The molecule has 3 saturated carbocycles. The Bertz CT molecular complexity index is 962. The number of rotatable bonds is 5. The van der Waals surface area contributed by atoms with Gasteiger partial charge in [0.15, 0.2) is 0 Å². The minimum Gasteiger partial charge on any atom is -0.508 e. The van der Waals surface area contributed by atoms with Gasteiger partial charge in [0, 0.05) is 30.7 Å². The molecule has 2 aliphatic heterocycles. The summed E-state index contributed by atoms with van der Waals surface area (Å²) in [6.45, 7) is 17.9. The number of hydrogen-bond acceptors (Lipinski definition) is 7. The van der Waals surface area contributed by atoms with Gasteiger partial charge in [-0.3, -0.25) is 9.89 Å². The van der Waals surface area contributed by atoms with Gasteiger partial charge in [-0.2, -0.15) is 9.59 Å². The van der Waals surface area contributed by atoms with Gasteiger partial charge >= 0.3 is 6.15 Å². The molecule has 1 atom stereocenters. The van der Waals surface area contributed by atoms with Gasteiger partial charge in [0.1, 0.15) is 11.6 Å². The van der Waals surface area contributed by atoms with Crippen LogP contribution in [0.2, 0.25) is 0 Å². The van der Waals surface area contributed by atoms with E-state index in [-0.39, 0.29) is 11.7 Å². The van der Waals surface area contributed by atoms with E-state index < -0.39 is 0 Å². The molecule has 1 saturated heterocycles. The van der Waals surface area contributed by atoms with Gasteiger partial charge in [-0.25, -0.2) is 0 Å². The second-order valence-electron chi connectivity index (χ2n) is 12.2. The molecule has 3 aliphatic carbocycles. The first kappa shape index (κ1) is 35.4. The van der Waals surface area contributed by atoms with Crippen molar-refractivity contribution in [2.24, 2.45) is 16.3 Å². The van der Waals surface area contributed by atoms with E-state index in [0.717, 1.165) is 25.7 Å². The lowest BCUT2D eigenvalue weighted by molar-refractivity contribution is -0.191. The van der Waals surface area contributed by atoms with Crippen LogP contribution in [-0.4, -0.2) is 59.4 Å². The summed E-state index contributed by atoms with van der Waals surface area (Å²) >= 11 is 0. The van der Waals surface area contributed by atoms with Crippen LogP contribution in [0.1, 0.15) is 99.0 Å². The highest BCUT2D eigenvalue weighted by atomic mass is 16.5. The highest BCUT2D eigenvalue weighted by Crippen LogP contribution is 2.70. The van der Waals surface area contributed by atoms with Crippen molar-refractivity contribution < 1.29 is 19.4 Å². The lowest BCUT2D eigenvalue weighted by Gasteiger charge is -2.73. The summed E-state index contributed by atoms with van der Waals surface area (Å²) in [6.07, 6.45) is 13.7. The third-order valence-electron chi connectivity index (χ3n) is 8.49. The Balaban J connectivity index is 0.000000387. The van der Waals surface area contributed by atoms with E-state index in [1.807, 2.05) is 12.1 Å². The number of unbranched alkanes of at least 4 members (excludes halogenated alkanes) is 1. The van der Waals surface area contributed by atoms with E-state index >= 15 is 0 Å². The van der Waals surface area contributed by atoms with Crippen molar-refractivity contribution >= 4 is 12.0 Å². The first-order valence-corrected chi connectivity index (χ1v) is 14.7. The molecule has 2 heterocycles. The molecular formula is C33H53N3O4. The van der Waals surface area contributed by atoms with Crippen LogP contribution in [0.3, 0.4) is 0 Å². The number of hydrogen-bond donors (Lipinski definition) is 2. The minimum absolute atomic E-state index is 0.0931. The van der Waals surface area contributed by atoms with Gasteiger partial charge in [-0.05, 0) is 90.5 Å². The monoisotopic (exact) mass is 555 g/mol. The van der Waals surface area contributed by atoms with Gasteiger partial charge in [-0.15, -0.1) is 12.3 Å². The molecule has 0 amide bonds. The highest BCUT2D eigenvalue weighted by molar-refractivity contribution is 5.94. The Morgan fingerprint density at radius 1 is 1.07 bits per heavy atom. The zero-order chi connectivity index (χ0) is 30.4. The number of terminal acetylenes is 1. The van der Waals surface area contributed by atoms with Crippen LogP contribution in [-0.2, 0) is 20.9 Å². The largest absolute Gasteiger partial charge is 0.508 e. The van der Waals surface area contributed by atoms with Crippen LogP contribution in [0.15, 0.2) is 29.3 Å². The number of benzene rings is 1. The maximum absolute atomic E-state index is 9.40. The first-order chi connectivity index (χ1) is 18.9. The molecule has 40 heavy (non-hydrogen) atoms. The van der Waals surface area contributed by atoms with Crippen LogP contribution >= 0.6 is 0 Å². The number of phenols is 1. The average molecular weight is 556 g/mol. The third kappa shape index (κ3) is 9.77. The zero-order valence-corrected chi connectivity index (χ0v) is 26.2. The summed E-state index contributed by atoms with van der Waals surface area (Å²) < 4.78 is 5.14. The Morgan fingerprint density at radius 3 is 1.90 bits per heavy atom. The fourth-order valence-electron chi connectivity index (χ4n) is 5.32. The molecule has 6 rings (SSSR count). The number of nitrogens with zero attached hydrogens (tertiary/aromatic N) is 2. The number of nitrogens with one attached hydrogen (secondary N) is 1. The zero-order valence-electron chi connectivity index (χ0n) is 26.2. The molecule has 2 N–H and O–H groups in total. The predicted octanol–water partition coefficient (Wildman–Crippen LogP) is 6.21. The van der Waals surface area contributed by atoms with Crippen LogP contribution in [0.25, 0.3) is 0 Å². The van der Waals surface area contributed by atoms with E-state index in [1.165, 1.54) is 56.3 Å². The smallest absolute Gasteiger partial charge is 0.373 e. The maximum atomic E-state index is 9.40. The summed E-state index contributed by atoms with van der Waals surface area (Å²) in [7, 11) is 2.23. The van der Waals surface area contributed by atoms with Crippen molar-refractivity contribution in [3.63, 3.8) is 0 Å². The molecule has 7 nitrogen and oxygen atoms in total. The lowest BCUT2D eigenvalue weighted by Crippen LogP contribution is -2.77. The number of carbonyl (C=O) groups excluding carboxylic acids is 2. The van der Waals surface area contributed by atoms with Gasteiger partial charge < -0.3 is 15.2 Å². The summed E-state index contributed by atoms with van der Waals surface area (Å²) in [5, 5.41) is 13.1. The van der Waals surface area contributed by atoms with Crippen LogP contribution < -0.4 is 5.32 Å². The van der Waals surface area contributed by atoms with Crippen LogP contribution in [0.4, 0.5) is 0 Å². The molecule has 2 bridgehead atoms. The van der Waals surface area contributed by atoms with Gasteiger partial charge in [0.2, 0.25) is 0 Å². The quantitative estimate of drug-likeness (QED) is 0.420. The van der Waals surface area contributed by atoms with Crippen molar-refractivity contribution in [2.75, 3.05) is 20.3 Å². The number of aliphatic imine (C=N–C) groups is 1. The number of phenolic OH excluding ortho intramolecular Hbond substituents is 1. The van der Waals surface area contributed by atoms with Crippen molar-refractivity contribution in [3.05, 3.63) is 29.8 Å². The summed E-state index contributed by atoms with van der Waals surface area (Å²) in [6, 6.07) is 7.93. The number of amidine groups is 1. The van der Waals surface area contributed by atoms with E-state index in [2.05, 4.69) is 71.2 Å². The maximum Gasteiger partial charge on any atom is 0.373 e. The first-order valence-electron chi connectivity index (χ1n) is 14.7. The highest BCUT2D eigenvalue weighted by Gasteiger charge is 2.72. The summed E-state index contributed by atoms with van der Waals surface area (Å²) in [5.41, 5.74) is 2.04. The molecular weight excluding hydrogens is 502 g/mol. The summed E-state index contributed by atoms with van der Waals surface area (Å²) in [4.78, 5) is 23.7. The molecule has 0 radical (unpaired) electrons. The normalized spacial score (nSPS) is 26.8. The van der Waals surface area contributed by atoms with E-state index in [0.29, 0.717) is 22.7 Å². The second-order valence-corrected chi connectivity index (χ2v) is 12.2. The van der Waals surface area contributed by atoms with E-state index in [4.69, 9.17) is 19.3 Å². The molecule has 7 heteroatoms. The number of aromatic hydroxyl groups is 1. The minimum atomic E-state index is 0.0931. The standard InChI is InChI=1S/C19H27N3O.C6H12O.C4H10.C3H4.CO2/c1-13-17(2,3)21-16(20-13)18-10-19(11-18,12-18)22(4)9-14-5-7-15(23)8-6-14;1-6-2-4-7-5-3-6;1-3-4-2;1-3-2;2-1-3/h5-8,13,23H,9-12H2,1-4H3,(H,20,21);6H,2-5H2,1H3;3-4H2,1-2H3;1H,2H3;/t13-,18?,19?;;;;/m0..../s1. The van der Waals surface area contributed by atoms with Crippen molar-refractivity contribution in [3.8, 4) is 18.1 Å². The fourth-order valence-corrected chi connectivity index (χ4v) is 5.32. The molecule has 224 valence electrons. The third-order valence-corrected chi connectivity index (χ3v) is 8.49. The topological polar surface area (TPSA) is 91.2 Å². The molecule has 0 aromatic heterocycles. The fraction of sp³-hybridized carbons (Fsp3) is 0.697. The molecule has 4 fully saturated rings. The molecule has 0 spiro atoms. The van der Waals surface area contributed by atoms with Crippen molar-refractivity contribution in [1.29, 1.82) is 0 Å². The Morgan fingerprint density at radius 2 is 1.55 bits per heavy atom. The molecule has 1 aromatic rings. The van der Waals surface area contributed by atoms with Crippen LogP contribution in [0, 0.1) is 23.7 Å². The molecule has 0 unspecified atom stereocenters. The summed E-state index contributed by atoms with van der Waals surface area (Å²) in [5.74, 6) is 4.76. The van der Waals surface area contributed by atoms with Gasteiger partial charge in [-0.1, -0.05) is 45.7 Å². The van der Waals surface area contributed by atoms with Gasteiger partial charge in [0.05, 0.1) is 11.6 Å². The Kier molecular flexibility index (Phi) is 14.7. The molecule has 5 aliphatic rings. The number of ether oxygens (including phenoxy) is 1. The Hall–Kier alpha value is -2.65. The van der Waals surface area contributed by atoms with E-state index in [1.54, 1.807) is 19.1 Å². The Labute approximate surface area is 243 Å². The van der Waals surface area contributed by atoms with Crippen molar-refractivity contribution in [2.45, 2.75) is 117 Å². The second kappa shape index (κ2) is 16.6. The SMILES string of the molecule is C#CC.CC1CCOCC1.CCCC.C[C@@H]1N=C(C23CC(N(C)Cc4ccc(O)cc4)(C2)C3)NC1(C)C.O=C=O. The average Bonchev–Trinajstić information content (AvgIpc) is 3.12. The van der Waals surface area contributed by atoms with E-state index in [9.17, 15) is 5.11 Å². The van der Waals surface area contributed by atoms with Gasteiger partial charge in [0.25, 0.3) is 0 Å². The van der Waals surface area contributed by atoms with Crippen molar-refractivity contribution in [1.82, 2.24) is 10.2 Å². The lowest BCUT2D eigenvalue weighted by atomic mass is 9.38. The van der Waals surface area contributed by atoms with Crippen LogP contribution in [0.5, 0.6) is 5.75 Å².